The minimum atomic E-state index is -3.42. The van der Waals surface area contributed by atoms with Crippen LogP contribution in [0.25, 0.3) is 0 Å². The second-order valence-electron chi connectivity index (χ2n) is 5.69. The Morgan fingerprint density at radius 1 is 1.40 bits per heavy atom. The molecule has 2 N–H and O–H groups in total. The molecule has 112 valence electrons. The summed E-state index contributed by atoms with van der Waals surface area (Å²) in [6, 6.07) is 4.99. The van der Waals surface area contributed by atoms with E-state index in [1.54, 1.807) is 22.5 Å². The highest BCUT2D eigenvalue weighted by molar-refractivity contribution is 7.89. The number of benzene rings is 1. The molecule has 0 radical (unpaired) electrons. The first-order chi connectivity index (χ1) is 9.32. The Morgan fingerprint density at radius 3 is 2.70 bits per heavy atom. The fourth-order valence-electron chi connectivity index (χ4n) is 2.67. The molecule has 0 aliphatic carbocycles. The topological polar surface area (TPSA) is 66.6 Å². The predicted molar refractivity (Wildman–Crippen MR) is 81.1 cm³/mol. The lowest BCUT2D eigenvalue weighted by molar-refractivity contribution is 0.291. The van der Waals surface area contributed by atoms with Gasteiger partial charge < -0.3 is 10.6 Å². The first kappa shape index (κ1) is 15.3. The molecule has 5 nitrogen and oxygen atoms in total. The Kier molecular flexibility index (Phi) is 4.36. The monoisotopic (exact) mass is 297 g/mol. The number of likely N-dealkylation sites (N-methyl/N-ethyl adjacent to an activating group) is 1. The van der Waals surface area contributed by atoms with Crippen LogP contribution in [0.15, 0.2) is 23.1 Å². The van der Waals surface area contributed by atoms with Crippen molar-refractivity contribution >= 4 is 15.7 Å². The summed E-state index contributed by atoms with van der Waals surface area (Å²) in [6.07, 6.45) is 1.84. The zero-order valence-electron chi connectivity index (χ0n) is 12.3. The molecule has 1 aromatic rings. The van der Waals surface area contributed by atoms with Crippen LogP contribution >= 0.6 is 0 Å². The van der Waals surface area contributed by atoms with Gasteiger partial charge in [-0.25, -0.2) is 8.42 Å². The normalized spacial score (nSPS) is 20.7. The number of anilines is 1. The quantitative estimate of drug-likeness (QED) is 0.851. The standard InChI is InChI=1S/C14H23N3O2S/c1-11-9-13(6-7-14(11)15)20(18,19)17-8-4-5-12(17)10-16(2)3/h6-7,9,12H,4-5,8,10,15H2,1-3H3. The smallest absolute Gasteiger partial charge is 0.243 e. The fraction of sp³-hybridized carbons (Fsp3) is 0.571. The average Bonchev–Trinajstić information content (AvgIpc) is 2.80. The lowest BCUT2D eigenvalue weighted by Crippen LogP contribution is -2.41. The molecule has 1 unspecified atom stereocenters. The summed E-state index contributed by atoms with van der Waals surface area (Å²) in [6.45, 7) is 3.19. The molecule has 0 saturated carbocycles. The number of sulfonamides is 1. The van der Waals surface area contributed by atoms with Crippen LogP contribution in [-0.4, -0.2) is 50.8 Å². The van der Waals surface area contributed by atoms with E-state index in [1.807, 2.05) is 25.9 Å². The minimum Gasteiger partial charge on any atom is -0.399 e. The van der Waals surface area contributed by atoms with Crippen LogP contribution in [0.2, 0.25) is 0 Å². The van der Waals surface area contributed by atoms with Crippen LogP contribution in [-0.2, 0) is 10.0 Å². The van der Waals surface area contributed by atoms with Crippen molar-refractivity contribution < 1.29 is 8.42 Å². The molecule has 2 rings (SSSR count). The van der Waals surface area contributed by atoms with Crippen molar-refractivity contribution in [1.82, 2.24) is 9.21 Å². The van der Waals surface area contributed by atoms with E-state index in [4.69, 9.17) is 5.73 Å². The number of nitrogens with two attached hydrogens (primary N) is 1. The van der Waals surface area contributed by atoms with E-state index in [-0.39, 0.29) is 6.04 Å². The molecular weight excluding hydrogens is 274 g/mol. The minimum absolute atomic E-state index is 0.0628. The third-order valence-corrected chi connectivity index (χ3v) is 5.69. The largest absolute Gasteiger partial charge is 0.399 e. The Bertz CT molecular complexity index is 584. The molecule has 0 amide bonds. The van der Waals surface area contributed by atoms with Gasteiger partial charge in [0.25, 0.3) is 0 Å². The third kappa shape index (κ3) is 2.97. The fourth-order valence-corrected chi connectivity index (χ4v) is 4.44. The molecule has 1 aliphatic rings. The van der Waals surface area contributed by atoms with Gasteiger partial charge in [0.1, 0.15) is 0 Å². The summed E-state index contributed by atoms with van der Waals surface area (Å²) >= 11 is 0. The van der Waals surface area contributed by atoms with Crippen molar-refractivity contribution in [3.63, 3.8) is 0 Å². The highest BCUT2D eigenvalue weighted by Gasteiger charge is 2.35. The van der Waals surface area contributed by atoms with Crippen LogP contribution in [0.5, 0.6) is 0 Å². The van der Waals surface area contributed by atoms with E-state index in [0.29, 0.717) is 17.1 Å². The summed E-state index contributed by atoms with van der Waals surface area (Å²) in [5.74, 6) is 0. The van der Waals surface area contributed by atoms with Crippen molar-refractivity contribution in [3.05, 3.63) is 23.8 Å². The molecule has 0 spiro atoms. The SMILES string of the molecule is Cc1cc(S(=O)(=O)N2CCCC2CN(C)C)ccc1N. The number of nitrogens with zero attached hydrogens (tertiary/aromatic N) is 2. The number of hydrogen-bond acceptors (Lipinski definition) is 4. The van der Waals surface area contributed by atoms with Gasteiger partial charge in [-0.15, -0.1) is 0 Å². The molecular formula is C14H23N3O2S. The number of nitrogen functional groups attached to an aromatic ring is 1. The highest BCUT2D eigenvalue weighted by Crippen LogP contribution is 2.27. The van der Waals surface area contributed by atoms with Gasteiger partial charge >= 0.3 is 0 Å². The predicted octanol–water partition coefficient (Wildman–Crippen LogP) is 1.29. The maximum absolute atomic E-state index is 12.8. The summed E-state index contributed by atoms with van der Waals surface area (Å²) in [7, 11) is 0.516. The Balaban J connectivity index is 2.31. The number of aryl methyl sites for hydroxylation is 1. The van der Waals surface area contributed by atoms with E-state index < -0.39 is 10.0 Å². The van der Waals surface area contributed by atoms with Gasteiger partial charge in [-0.1, -0.05) is 0 Å². The highest BCUT2D eigenvalue weighted by atomic mass is 32.2. The Hall–Kier alpha value is -1.11. The Labute approximate surface area is 121 Å². The zero-order chi connectivity index (χ0) is 14.9. The van der Waals surface area contributed by atoms with E-state index in [9.17, 15) is 8.42 Å². The molecule has 20 heavy (non-hydrogen) atoms. The zero-order valence-corrected chi connectivity index (χ0v) is 13.2. The van der Waals surface area contributed by atoms with Crippen LogP contribution < -0.4 is 5.73 Å². The van der Waals surface area contributed by atoms with Gasteiger partial charge in [0, 0.05) is 24.8 Å². The molecule has 1 fully saturated rings. The molecule has 0 bridgehead atoms. The molecule has 0 aromatic heterocycles. The maximum atomic E-state index is 12.8. The van der Waals surface area contributed by atoms with Gasteiger partial charge in [-0.3, -0.25) is 0 Å². The van der Waals surface area contributed by atoms with Crippen molar-refractivity contribution in [2.24, 2.45) is 0 Å². The van der Waals surface area contributed by atoms with Crippen molar-refractivity contribution in [3.8, 4) is 0 Å². The van der Waals surface area contributed by atoms with E-state index in [1.165, 1.54) is 0 Å². The summed E-state index contributed by atoms with van der Waals surface area (Å²) in [5, 5.41) is 0. The van der Waals surface area contributed by atoms with Gasteiger partial charge in [0.15, 0.2) is 0 Å². The molecule has 1 atom stereocenters. The Morgan fingerprint density at radius 2 is 2.10 bits per heavy atom. The first-order valence-electron chi connectivity index (χ1n) is 6.85. The lowest BCUT2D eigenvalue weighted by Gasteiger charge is -2.26. The lowest BCUT2D eigenvalue weighted by atomic mass is 10.2. The average molecular weight is 297 g/mol. The van der Waals surface area contributed by atoms with Crippen LogP contribution in [0.1, 0.15) is 18.4 Å². The van der Waals surface area contributed by atoms with Crippen LogP contribution in [0.3, 0.4) is 0 Å². The van der Waals surface area contributed by atoms with Gasteiger partial charge in [0.2, 0.25) is 10.0 Å². The molecule has 1 heterocycles. The van der Waals surface area contributed by atoms with Crippen molar-refractivity contribution in [2.75, 3.05) is 32.9 Å². The van der Waals surface area contributed by atoms with Gasteiger partial charge in [-0.05, 0) is 57.6 Å². The second kappa shape index (κ2) is 5.71. The maximum Gasteiger partial charge on any atom is 0.243 e. The second-order valence-corrected chi connectivity index (χ2v) is 7.58. The van der Waals surface area contributed by atoms with Gasteiger partial charge in [0.05, 0.1) is 4.90 Å². The third-order valence-electron chi connectivity index (χ3n) is 3.75. The van der Waals surface area contributed by atoms with Gasteiger partial charge in [-0.2, -0.15) is 4.31 Å². The van der Waals surface area contributed by atoms with E-state index in [2.05, 4.69) is 0 Å². The number of hydrogen-bond donors (Lipinski definition) is 1. The first-order valence-corrected chi connectivity index (χ1v) is 8.29. The molecule has 1 aromatic carbocycles. The van der Waals surface area contributed by atoms with E-state index in [0.717, 1.165) is 24.9 Å². The van der Waals surface area contributed by atoms with Crippen molar-refractivity contribution in [2.45, 2.75) is 30.7 Å². The van der Waals surface area contributed by atoms with E-state index >= 15 is 0 Å². The summed E-state index contributed by atoms with van der Waals surface area (Å²) in [4.78, 5) is 2.38. The molecule has 1 aliphatic heterocycles. The van der Waals surface area contributed by atoms with Crippen LogP contribution in [0.4, 0.5) is 5.69 Å². The summed E-state index contributed by atoms with van der Waals surface area (Å²) < 4.78 is 27.1. The molecule has 1 saturated heterocycles. The van der Waals surface area contributed by atoms with Crippen LogP contribution in [0, 0.1) is 6.92 Å². The summed E-state index contributed by atoms with van der Waals surface area (Å²) in [5.41, 5.74) is 7.18. The van der Waals surface area contributed by atoms with Crippen molar-refractivity contribution in [1.29, 1.82) is 0 Å². The molecule has 6 heteroatoms. The number of rotatable bonds is 4.